The van der Waals surface area contributed by atoms with Gasteiger partial charge in [-0.05, 0) is 44.4 Å². The molecule has 2 unspecified atom stereocenters. The summed E-state index contributed by atoms with van der Waals surface area (Å²) in [6.07, 6.45) is 2.22. The van der Waals surface area contributed by atoms with Gasteiger partial charge < -0.3 is 15.1 Å². The molecule has 0 spiro atoms. The molecule has 0 saturated carbocycles. The molecule has 6 nitrogen and oxygen atoms in total. The van der Waals surface area contributed by atoms with Gasteiger partial charge in [0.2, 0.25) is 5.91 Å². The van der Waals surface area contributed by atoms with E-state index in [-0.39, 0.29) is 41.8 Å². The summed E-state index contributed by atoms with van der Waals surface area (Å²) < 4.78 is 26.7. The molecule has 0 aromatic heterocycles. The fourth-order valence-electron chi connectivity index (χ4n) is 4.25. The number of piperazine rings is 1. The molecule has 2 aliphatic heterocycles. The van der Waals surface area contributed by atoms with Crippen molar-refractivity contribution in [3.8, 4) is 0 Å². The monoisotopic (exact) mass is 563 g/mol. The second kappa shape index (κ2) is 12.7. The van der Waals surface area contributed by atoms with E-state index in [1.54, 1.807) is 6.07 Å². The number of aliphatic imine (C=N–C) groups is 1. The van der Waals surface area contributed by atoms with Crippen LogP contribution in [0.15, 0.2) is 23.2 Å². The van der Waals surface area contributed by atoms with Crippen molar-refractivity contribution in [2.24, 2.45) is 4.99 Å². The van der Waals surface area contributed by atoms with E-state index in [1.807, 2.05) is 25.7 Å². The van der Waals surface area contributed by atoms with Crippen molar-refractivity contribution >= 4 is 35.8 Å². The third-order valence-corrected chi connectivity index (χ3v) is 6.30. The van der Waals surface area contributed by atoms with E-state index < -0.39 is 11.6 Å². The highest BCUT2D eigenvalue weighted by Gasteiger charge is 2.30. The number of carbonyl (C=O) groups excluding carboxylic acids is 1. The first kappa shape index (κ1) is 26.8. The van der Waals surface area contributed by atoms with Crippen LogP contribution in [0.5, 0.6) is 0 Å². The van der Waals surface area contributed by atoms with Gasteiger partial charge >= 0.3 is 0 Å². The van der Waals surface area contributed by atoms with Crippen LogP contribution in [0.4, 0.5) is 8.78 Å². The second-order valence-corrected chi connectivity index (χ2v) is 8.50. The molecule has 9 heteroatoms. The van der Waals surface area contributed by atoms with Crippen molar-refractivity contribution in [2.45, 2.75) is 45.6 Å². The van der Waals surface area contributed by atoms with Gasteiger partial charge in [0, 0.05) is 58.3 Å². The van der Waals surface area contributed by atoms with Crippen molar-refractivity contribution in [2.75, 3.05) is 52.4 Å². The van der Waals surface area contributed by atoms with Crippen molar-refractivity contribution < 1.29 is 13.6 Å². The number of guanidine groups is 1. The Bertz CT molecular complexity index is 780. The van der Waals surface area contributed by atoms with Crippen LogP contribution in [0.25, 0.3) is 0 Å². The lowest BCUT2D eigenvalue weighted by Gasteiger charge is -2.39. The SMILES string of the molecule is CCNC(=NCC(C)c1ccc(F)c(F)c1)N1CCN(C(C)C(=O)N2CCCC2)CC1.I. The standard InChI is InChI=1S/C23H35F2N5O.HI/c1-4-26-23(27-16-17(2)19-7-8-20(24)21(25)15-19)30-13-11-28(12-14-30)18(3)22(31)29-9-5-6-10-29;/h7-8,15,17-18H,4-6,9-14,16H2,1-3H3,(H,26,27);1H. The molecule has 2 aliphatic rings. The smallest absolute Gasteiger partial charge is 0.239 e. The van der Waals surface area contributed by atoms with Gasteiger partial charge in [-0.15, -0.1) is 24.0 Å². The molecule has 2 saturated heterocycles. The highest BCUT2D eigenvalue weighted by Crippen LogP contribution is 2.19. The Balaban J connectivity index is 0.00000363. The van der Waals surface area contributed by atoms with Gasteiger partial charge in [0.05, 0.1) is 6.04 Å². The van der Waals surface area contributed by atoms with Crippen LogP contribution in [-0.2, 0) is 4.79 Å². The summed E-state index contributed by atoms with van der Waals surface area (Å²) in [5.74, 6) is -0.609. The average molecular weight is 563 g/mol. The lowest BCUT2D eigenvalue weighted by Crippen LogP contribution is -2.57. The third-order valence-electron chi connectivity index (χ3n) is 6.30. The number of rotatable bonds is 6. The lowest BCUT2D eigenvalue weighted by molar-refractivity contribution is -0.135. The first-order chi connectivity index (χ1) is 14.9. The molecule has 0 radical (unpaired) electrons. The summed E-state index contributed by atoms with van der Waals surface area (Å²) in [6.45, 7) is 12.2. The summed E-state index contributed by atoms with van der Waals surface area (Å²) >= 11 is 0. The minimum absolute atomic E-state index is 0. The fraction of sp³-hybridized carbons (Fsp3) is 0.652. The number of halogens is 3. The molecule has 2 atom stereocenters. The molecule has 32 heavy (non-hydrogen) atoms. The molecule has 3 rings (SSSR count). The molecule has 1 amide bonds. The fourth-order valence-corrected chi connectivity index (χ4v) is 4.25. The van der Waals surface area contributed by atoms with Gasteiger partial charge in [-0.1, -0.05) is 13.0 Å². The maximum atomic E-state index is 13.5. The van der Waals surface area contributed by atoms with Crippen molar-refractivity contribution in [1.29, 1.82) is 0 Å². The van der Waals surface area contributed by atoms with E-state index in [4.69, 9.17) is 4.99 Å². The van der Waals surface area contributed by atoms with Crippen LogP contribution in [0.2, 0.25) is 0 Å². The van der Waals surface area contributed by atoms with E-state index in [9.17, 15) is 13.6 Å². The quantitative estimate of drug-likeness (QED) is 0.328. The number of benzene rings is 1. The minimum atomic E-state index is -0.830. The molecule has 1 N–H and O–H groups in total. The summed E-state index contributed by atoms with van der Waals surface area (Å²) in [5, 5.41) is 3.34. The number of amides is 1. The van der Waals surface area contributed by atoms with E-state index >= 15 is 0 Å². The number of hydrogen-bond donors (Lipinski definition) is 1. The number of hydrogen-bond acceptors (Lipinski definition) is 3. The molecule has 180 valence electrons. The van der Waals surface area contributed by atoms with Gasteiger partial charge in [-0.25, -0.2) is 8.78 Å². The Morgan fingerprint density at radius 1 is 1.03 bits per heavy atom. The van der Waals surface area contributed by atoms with E-state index in [2.05, 4.69) is 15.1 Å². The number of nitrogens with one attached hydrogen (secondary N) is 1. The van der Waals surface area contributed by atoms with Crippen molar-refractivity contribution in [3.63, 3.8) is 0 Å². The Morgan fingerprint density at radius 2 is 1.69 bits per heavy atom. The van der Waals surface area contributed by atoms with Gasteiger partial charge in [-0.3, -0.25) is 14.7 Å². The van der Waals surface area contributed by atoms with E-state index in [0.29, 0.717) is 6.54 Å². The first-order valence-electron chi connectivity index (χ1n) is 11.4. The molecule has 1 aromatic carbocycles. The number of likely N-dealkylation sites (tertiary alicyclic amines) is 1. The Hall–Kier alpha value is -1.49. The van der Waals surface area contributed by atoms with Crippen LogP contribution in [0.1, 0.15) is 45.1 Å². The van der Waals surface area contributed by atoms with Gasteiger partial charge in [-0.2, -0.15) is 0 Å². The highest BCUT2D eigenvalue weighted by molar-refractivity contribution is 14.0. The third kappa shape index (κ3) is 6.76. The lowest BCUT2D eigenvalue weighted by atomic mass is 10.0. The zero-order valence-electron chi connectivity index (χ0n) is 19.3. The molecule has 2 fully saturated rings. The number of carbonyl (C=O) groups is 1. The van der Waals surface area contributed by atoms with Crippen LogP contribution in [-0.4, -0.2) is 85.0 Å². The Morgan fingerprint density at radius 3 is 2.28 bits per heavy atom. The summed E-state index contributed by atoms with van der Waals surface area (Å²) in [4.78, 5) is 23.9. The summed E-state index contributed by atoms with van der Waals surface area (Å²) in [6, 6.07) is 3.94. The van der Waals surface area contributed by atoms with Crippen LogP contribution < -0.4 is 5.32 Å². The van der Waals surface area contributed by atoms with Gasteiger partial charge in [0.25, 0.3) is 0 Å². The second-order valence-electron chi connectivity index (χ2n) is 8.50. The van der Waals surface area contributed by atoms with Crippen LogP contribution >= 0.6 is 24.0 Å². The molecule has 1 aromatic rings. The maximum Gasteiger partial charge on any atom is 0.239 e. The zero-order valence-corrected chi connectivity index (χ0v) is 21.6. The predicted octanol–water partition coefficient (Wildman–Crippen LogP) is 3.28. The largest absolute Gasteiger partial charge is 0.357 e. The van der Waals surface area contributed by atoms with Crippen LogP contribution in [0.3, 0.4) is 0 Å². The van der Waals surface area contributed by atoms with Gasteiger partial charge in [0.1, 0.15) is 0 Å². The average Bonchev–Trinajstić information content (AvgIpc) is 3.32. The molecule has 0 aliphatic carbocycles. The first-order valence-corrected chi connectivity index (χ1v) is 11.4. The van der Waals surface area contributed by atoms with E-state index in [0.717, 1.165) is 70.2 Å². The summed E-state index contributed by atoms with van der Waals surface area (Å²) in [7, 11) is 0. The van der Waals surface area contributed by atoms with E-state index in [1.165, 1.54) is 12.1 Å². The normalized spacial score (nSPS) is 19.5. The van der Waals surface area contributed by atoms with Gasteiger partial charge in [0.15, 0.2) is 17.6 Å². The molecular weight excluding hydrogens is 527 g/mol. The zero-order chi connectivity index (χ0) is 22.4. The predicted molar refractivity (Wildman–Crippen MR) is 135 cm³/mol. The maximum absolute atomic E-state index is 13.5. The Kier molecular flexibility index (Phi) is 10.6. The molecule has 2 heterocycles. The highest BCUT2D eigenvalue weighted by atomic mass is 127. The molecular formula is C23H36F2IN5O. The number of nitrogens with zero attached hydrogens (tertiary/aromatic N) is 4. The Labute approximate surface area is 207 Å². The topological polar surface area (TPSA) is 51.2 Å². The minimum Gasteiger partial charge on any atom is -0.357 e. The summed E-state index contributed by atoms with van der Waals surface area (Å²) in [5.41, 5.74) is 0.734. The van der Waals surface area contributed by atoms with Crippen LogP contribution in [0, 0.1) is 11.6 Å². The van der Waals surface area contributed by atoms with Crippen molar-refractivity contribution in [1.82, 2.24) is 20.0 Å². The van der Waals surface area contributed by atoms with Crippen molar-refractivity contribution in [3.05, 3.63) is 35.4 Å². The molecule has 0 bridgehead atoms.